The standard InChI is InChI=1S/C17H16N4O2S/c1-2-23-15-6-4-3-5-14(15)16-19-20-17(24)21(16)18-11-12-7-9-13(22)10-8-12/h3-11,22H,2H2,1H3,(H,20,24)/b18-11+. The number of nitrogens with zero attached hydrogens (tertiary/aromatic N) is 3. The second kappa shape index (κ2) is 7.10. The highest BCUT2D eigenvalue weighted by atomic mass is 32.1. The highest BCUT2D eigenvalue weighted by Gasteiger charge is 2.13. The van der Waals surface area contributed by atoms with Crippen molar-refractivity contribution in [3.8, 4) is 22.9 Å². The second-order valence-electron chi connectivity index (χ2n) is 4.93. The minimum Gasteiger partial charge on any atom is -0.508 e. The molecule has 0 aliphatic heterocycles. The van der Waals surface area contributed by atoms with Crippen LogP contribution in [-0.2, 0) is 0 Å². The van der Waals surface area contributed by atoms with Crippen LogP contribution in [0.4, 0.5) is 0 Å². The van der Waals surface area contributed by atoms with Crippen LogP contribution in [0.2, 0.25) is 0 Å². The van der Waals surface area contributed by atoms with E-state index in [1.54, 1.807) is 35.2 Å². The lowest BCUT2D eigenvalue weighted by Gasteiger charge is -2.08. The van der Waals surface area contributed by atoms with Crippen LogP contribution in [0.15, 0.2) is 53.6 Å². The maximum atomic E-state index is 9.33. The summed E-state index contributed by atoms with van der Waals surface area (Å²) < 4.78 is 7.57. The third kappa shape index (κ3) is 3.36. The number of hydrogen-bond donors (Lipinski definition) is 2. The lowest BCUT2D eigenvalue weighted by molar-refractivity contribution is 0.341. The first-order valence-corrected chi connectivity index (χ1v) is 7.83. The molecule has 0 aliphatic carbocycles. The maximum absolute atomic E-state index is 9.33. The van der Waals surface area contributed by atoms with Crippen LogP contribution >= 0.6 is 12.2 Å². The Hall–Kier alpha value is -2.93. The number of hydrogen-bond acceptors (Lipinski definition) is 5. The van der Waals surface area contributed by atoms with Crippen LogP contribution in [-0.4, -0.2) is 32.8 Å². The van der Waals surface area contributed by atoms with Crippen molar-refractivity contribution in [3.05, 3.63) is 58.9 Å². The molecular weight excluding hydrogens is 324 g/mol. The Balaban J connectivity index is 2.01. The molecule has 0 unspecified atom stereocenters. The Morgan fingerprint density at radius 3 is 2.75 bits per heavy atom. The monoisotopic (exact) mass is 340 g/mol. The summed E-state index contributed by atoms with van der Waals surface area (Å²) in [7, 11) is 0. The summed E-state index contributed by atoms with van der Waals surface area (Å²) in [6, 6.07) is 14.3. The average molecular weight is 340 g/mol. The molecule has 0 bridgehead atoms. The van der Waals surface area contributed by atoms with Crippen molar-refractivity contribution in [2.24, 2.45) is 5.10 Å². The molecule has 0 saturated carbocycles. The van der Waals surface area contributed by atoms with Gasteiger partial charge in [0.25, 0.3) is 0 Å². The van der Waals surface area contributed by atoms with Gasteiger partial charge in [0, 0.05) is 0 Å². The summed E-state index contributed by atoms with van der Waals surface area (Å²) in [5.74, 6) is 1.49. The molecule has 0 fully saturated rings. The fraction of sp³-hybridized carbons (Fsp3) is 0.118. The molecule has 1 aromatic heterocycles. The lowest BCUT2D eigenvalue weighted by Crippen LogP contribution is -1.99. The van der Waals surface area contributed by atoms with Crippen molar-refractivity contribution in [1.82, 2.24) is 14.9 Å². The van der Waals surface area contributed by atoms with E-state index in [1.165, 1.54) is 0 Å². The van der Waals surface area contributed by atoms with E-state index in [0.717, 1.165) is 16.9 Å². The number of phenols is 1. The van der Waals surface area contributed by atoms with Gasteiger partial charge >= 0.3 is 0 Å². The van der Waals surface area contributed by atoms with Crippen molar-refractivity contribution < 1.29 is 9.84 Å². The minimum atomic E-state index is 0.207. The smallest absolute Gasteiger partial charge is 0.216 e. The lowest BCUT2D eigenvalue weighted by atomic mass is 10.2. The second-order valence-corrected chi connectivity index (χ2v) is 5.32. The van der Waals surface area contributed by atoms with Crippen molar-refractivity contribution in [1.29, 1.82) is 0 Å². The number of ether oxygens (including phenoxy) is 1. The fourth-order valence-corrected chi connectivity index (χ4v) is 2.37. The molecule has 0 saturated heterocycles. The number of H-pyrrole nitrogens is 1. The van der Waals surface area contributed by atoms with E-state index < -0.39 is 0 Å². The Bertz CT molecular complexity index is 913. The van der Waals surface area contributed by atoms with Gasteiger partial charge in [0.05, 0.1) is 18.4 Å². The summed E-state index contributed by atoms with van der Waals surface area (Å²) in [4.78, 5) is 0. The fourth-order valence-electron chi connectivity index (χ4n) is 2.19. The Morgan fingerprint density at radius 1 is 1.25 bits per heavy atom. The predicted molar refractivity (Wildman–Crippen MR) is 95.1 cm³/mol. The molecule has 2 N–H and O–H groups in total. The Morgan fingerprint density at radius 2 is 2.00 bits per heavy atom. The van der Waals surface area contributed by atoms with Gasteiger partial charge in [-0.05, 0) is 61.1 Å². The van der Waals surface area contributed by atoms with Crippen LogP contribution in [0.5, 0.6) is 11.5 Å². The first kappa shape index (κ1) is 15.9. The number of nitrogens with one attached hydrogen (secondary N) is 1. The maximum Gasteiger partial charge on any atom is 0.216 e. The number of benzene rings is 2. The number of aromatic nitrogens is 3. The summed E-state index contributed by atoms with van der Waals surface area (Å²) in [6.45, 7) is 2.48. The molecule has 0 atom stereocenters. The van der Waals surface area contributed by atoms with E-state index >= 15 is 0 Å². The van der Waals surface area contributed by atoms with E-state index in [4.69, 9.17) is 17.0 Å². The van der Waals surface area contributed by atoms with Crippen molar-refractivity contribution in [2.75, 3.05) is 6.61 Å². The molecule has 6 nitrogen and oxygen atoms in total. The van der Waals surface area contributed by atoms with Gasteiger partial charge in [-0.15, -0.1) is 0 Å². The van der Waals surface area contributed by atoms with Crippen molar-refractivity contribution >= 4 is 18.4 Å². The predicted octanol–water partition coefficient (Wildman–Crippen LogP) is 3.59. The molecular formula is C17H16N4O2S. The van der Waals surface area contributed by atoms with Crippen molar-refractivity contribution in [3.63, 3.8) is 0 Å². The van der Waals surface area contributed by atoms with Gasteiger partial charge in [0.2, 0.25) is 4.77 Å². The molecule has 0 amide bonds. The van der Waals surface area contributed by atoms with Gasteiger partial charge in [0.1, 0.15) is 11.5 Å². The summed E-state index contributed by atoms with van der Waals surface area (Å²) >= 11 is 5.27. The molecule has 24 heavy (non-hydrogen) atoms. The Kier molecular flexibility index (Phi) is 4.72. The highest BCUT2D eigenvalue weighted by Crippen LogP contribution is 2.28. The van der Waals surface area contributed by atoms with Gasteiger partial charge in [-0.2, -0.15) is 14.9 Å². The van der Waals surface area contributed by atoms with E-state index in [2.05, 4.69) is 15.3 Å². The average Bonchev–Trinajstić information content (AvgIpc) is 2.96. The van der Waals surface area contributed by atoms with Gasteiger partial charge in [0.15, 0.2) is 5.82 Å². The first-order chi connectivity index (χ1) is 11.7. The first-order valence-electron chi connectivity index (χ1n) is 7.42. The van der Waals surface area contributed by atoms with Gasteiger partial charge in [-0.1, -0.05) is 12.1 Å². The van der Waals surface area contributed by atoms with Crippen LogP contribution in [0.25, 0.3) is 11.4 Å². The van der Waals surface area contributed by atoms with E-state index in [-0.39, 0.29) is 5.75 Å². The number of rotatable bonds is 5. The zero-order chi connectivity index (χ0) is 16.9. The summed E-state index contributed by atoms with van der Waals surface area (Å²) in [5.41, 5.74) is 1.63. The van der Waals surface area contributed by atoms with Crippen LogP contribution in [0.1, 0.15) is 12.5 Å². The normalized spacial score (nSPS) is 11.0. The van der Waals surface area contributed by atoms with Crippen molar-refractivity contribution in [2.45, 2.75) is 6.92 Å². The SMILES string of the molecule is CCOc1ccccc1-c1n[nH]c(=S)n1/N=C/c1ccc(O)cc1. The molecule has 122 valence electrons. The summed E-state index contributed by atoms with van der Waals surface area (Å²) in [6.07, 6.45) is 1.65. The van der Waals surface area contributed by atoms with Gasteiger partial charge in [-0.25, -0.2) is 5.10 Å². The third-order valence-corrected chi connectivity index (χ3v) is 3.56. The number of aromatic amines is 1. The zero-order valence-corrected chi connectivity index (χ0v) is 13.8. The quantitative estimate of drug-likeness (QED) is 0.550. The summed E-state index contributed by atoms with van der Waals surface area (Å²) in [5, 5.41) is 20.8. The molecule has 0 radical (unpaired) electrons. The molecule has 3 aromatic rings. The zero-order valence-electron chi connectivity index (χ0n) is 13.0. The molecule has 7 heteroatoms. The largest absolute Gasteiger partial charge is 0.508 e. The van der Waals surface area contributed by atoms with Crippen LogP contribution in [0.3, 0.4) is 0 Å². The molecule has 0 aliphatic rings. The highest BCUT2D eigenvalue weighted by molar-refractivity contribution is 7.71. The minimum absolute atomic E-state index is 0.207. The number of phenolic OH excluding ortho intramolecular Hbond substituents is 1. The van der Waals surface area contributed by atoms with E-state index in [0.29, 0.717) is 17.2 Å². The topological polar surface area (TPSA) is 75.4 Å². The van der Waals surface area contributed by atoms with Crippen LogP contribution < -0.4 is 4.74 Å². The van der Waals surface area contributed by atoms with Crippen LogP contribution in [0, 0.1) is 4.77 Å². The third-order valence-electron chi connectivity index (χ3n) is 3.29. The molecule has 3 rings (SSSR count). The van der Waals surface area contributed by atoms with E-state index in [1.807, 2.05) is 31.2 Å². The van der Waals surface area contributed by atoms with E-state index in [9.17, 15) is 5.11 Å². The molecule has 1 heterocycles. The number of aromatic hydroxyl groups is 1. The van der Waals surface area contributed by atoms with Gasteiger partial charge < -0.3 is 9.84 Å². The molecule has 0 spiro atoms. The Labute approximate surface area is 144 Å². The number of para-hydroxylation sites is 1. The molecule has 2 aromatic carbocycles. The van der Waals surface area contributed by atoms with Gasteiger partial charge in [-0.3, -0.25) is 0 Å².